The summed E-state index contributed by atoms with van der Waals surface area (Å²) >= 11 is 0. The third kappa shape index (κ3) is 1.41. The summed E-state index contributed by atoms with van der Waals surface area (Å²) in [7, 11) is 0. The van der Waals surface area contributed by atoms with E-state index in [2.05, 4.69) is 38.3 Å². The van der Waals surface area contributed by atoms with E-state index >= 15 is 0 Å². The maximum atomic E-state index is 4.17. The fourth-order valence-corrected chi connectivity index (χ4v) is 2.36. The van der Waals surface area contributed by atoms with E-state index in [-0.39, 0.29) is 0 Å². The molecule has 0 saturated heterocycles. The average Bonchev–Trinajstić information content (AvgIpc) is 2.16. The Morgan fingerprint density at radius 3 is 2.86 bits per heavy atom. The Balaban J connectivity index is 2.58. The summed E-state index contributed by atoms with van der Waals surface area (Å²) in [6.45, 7) is 10.3. The van der Waals surface area contributed by atoms with Crippen molar-refractivity contribution in [1.82, 2.24) is 0 Å². The molecule has 0 aromatic heterocycles. The highest BCUT2D eigenvalue weighted by Crippen LogP contribution is 2.35. The Bertz CT molecular complexity index is 385. The van der Waals surface area contributed by atoms with Gasteiger partial charge in [0.1, 0.15) is 0 Å². The van der Waals surface area contributed by atoms with E-state index in [1.54, 1.807) is 0 Å². The Hall–Kier alpha value is -1.30. The lowest BCUT2D eigenvalue weighted by Crippen LogP contribution is -2.11. The van der Waals surface area contributed by atoms with E-state index in [1.807, 2.05) is 6.08 Å². The van der Waals surface area contributed by atoms with Gasteiger partial charge >= 0.3 is 0 Å². The van der Waals surface area contributed by atoms with E-state index in [1.165, 1.54) is 28.7 Å². The second-order valence-corrected chi connectivity index (χ2v) is 4.20. The number of hydrogen-bond donors (Lipinski definition) is 0. The summed E-state index contributed by atoms with van der Waals surface area (Å²) in [6, 6.07) is 6.44. The van der Waals surface area contributed by atoms with Gasteiger partial charge in [-0.3, -0.25) is 0 Å². The van der Waals surface area contributed by atoms with Crippen molar-refractivity contribution < 1.29 is 0 Å². The van der Waals surface area contributed by atoms with Crippen molar-refractivity contribution in [3.05, 3.63) is 48.0 Å². The molecule has 0 amide bonds. The van der Waals surface area contributed by atoms with Crippen molar-refractivity contribution in [2.24, 2.45) is 5.92 Å². The molecule has 0 nitrogen and oxygen atoms in total. The van der Waals surface area contributed by atoms with Crippen molar-refractivity contribution in [3.8, 4) is 0 Å². The van der Waals surface area contributed by atoms with Gasteiger partial charge in [0, 0.05) is 0 Å². The summed E-state index contributed by atoms with van der Waals surface area (Å²) in [4.78, 5) is 0. The molecule has 1 aliphatic carbocycles. The van der Waals surface area contributed by atoms with Gasteiger partial charge in [-0.1, -0.05) is 44.4 Å². The van der Waals surface area contributed by atoms with Crippen LogP contribution in [0.2, 0.25) is 0 Å². The summed E-state index contributed by atoms with van der Waals surface area (Å²) in [5.41, 5.74) is 5.29. The third-order valence-electron chi connectivity index (χ3n) is 2.92. The molecule has 1 atom stereocenters. The van der Waals surface area contributed by atoms with Crippen LogP contribution in [0.25, 0.3) is 11.6 Å². The maximum absolute atomic E-state index is 4.17. The predicted molar refractivity (Wildman–Crippen MR) is 63.1 cm³/mol. The Labute approximate surface area is 86.0 Å². The minimum atomic E-state index is 0.732. The number of benzene rings is 1. The monoisotopic (exact) mass is 184 g/mol. The van der Waals surface area contributed by atoms with Crippen LogP contribution in [0.15, 0.2) is 31.4 Å². The summed E-state index contributed by atoms with van der Waals surface area (Å²) in [5.74, 6) is 0.732. The van der Waals surface area contributed by atoms with Gasteiger partial charge in [-0.15, -0.1) is 0 Å². The predicted octanol–water partition coefficient (Wildman–Crippen LogP) is 3.93. The quantitative estimate of drug-likeness (QED) is 0.620. The van der Waals surface area contributed by atoms with Crippen LogP contribution in [0.5, 0.6) is 0 Å². The number of rotatable bonds is 1. The number of allylic oxidation sites excluding steroid dienone is 1. The first kappa shape index (κ1) is 9.26. The summed E-state index contributed by atoms with van der Waals surface area (Å²) < 4.78 is 0. The second kappa shape index (κ2) is 3.45. The van der Waals surface area contributed by atoms with Crippen molar-refractivity contribution in [2.45, 2.75) is 19.8 Å². The Morgan fingerprint density at radius 2 is 2.14 bits per heavy atom. The molecule has 2 rings (SSSR count). The normalized spacial score (nSPS) is 20.4. The van der Waals surface area contributed by atoms with Gasteiger partial charge in [-0.25, -0.2) is 0 Å². The van der Waals surface area contributed by atoms with E-state index in [0.29, 0.717) is 0 Å². The van der Waals surface area contributed by atoms with Crippen molar-refractivity contribution >= 4 is 11.6 Å². The van der Waals surface area contributed by atoms with Gasteiger partial charge in [0.25, 0.3) is 0 Å². The van der Waals surface area contributed by atoms with Gasteiger partial charge in [-0.2, -0.15) is 0 Å². The molecule has 1 aliphatic rings. The van der Waals surface area contributed by atoms with Gasteiger partial charge in [-0.05, 0) is 41.0 Å². The maximum Gasteiger partial charge on any atom is -0.0126 e. The molecule has 0 heterocycles. The lowest BCUT2D eigenvalue weighted by Gasteiger charge is -2.25. The van der Waals surface area contributed by atoms with E-state index in [0.717, 1.165) is 12.3 Å². The van der Waals surface area contributed by atoms with E-state index < -0.39 is 0 Å². The molecule has 0 aliphatic heterocycles. The van der Waals surface area contributed by atoms with Crippen molar-refractivity contribution in [2.75, 3.05) is 0 Å². The van der Waals surface area contributed by atoms with Crippen LogP contribution in [0.1, 0.15) is 30.0 Å². The molecule has 0 fully saturated rings. The van der Waals surface area contributed by atoms with Crippen LogP contribution in [0.4, 0.5) is 0 Å². The lowest BCUT2D eigenvalue weighted by molar-refractivity contribution is 0.582. The first-order valence-corrected chi connectivity index (χ1v) is 5.15. The molecule has 1 unspecified atom stereocenters. The first-order valence-electron chi connectivity index (χ1n) is 5.15. The number of hydrogen-bond acceptors (Lipinski definition) is 0. The third-order valence-corrected chi connectivity index (χ3v) is 2.92. The standard InChI is InChI=1S/C14H16/c1-4-12-6-5-7-13-9-10(2)8-11(3)14(12)13/h4-7,10H,1,3,8-9H2,2H3. The second-order valence-electron chi connectivity index (χ2n) is 4.20. The molecular weight excluding hydrogens is 168 g/mol. The van der Waals surface area contributed by atoms with Crippen LogP contribution < -0.4 is 0 Å². The zero-order chi connectivity index (χ0) is 10.1. The molecule has 0 N–H and O–H groups in total. The highest BCUT2D eigenvalue weighted by molar-refractivity contribution is 5.76. The Kier molecular flexibility index (Phi) is 2.28. The molecule has 1 aromatic rings. The van der Waals surface area contributed by atoms with Crippen LogP contribution in [-0.2, 0) is 6.42 Å². The Morgan fingerprint density at radius 1 is 1.36 bits per heavy atom. The fraction of sp³-hybridized carbons (Fsp3) is 0.286. The molecule has 14 heavy (non-hydrogen) atoms. The van der Waals surface area contributed by atoms with Gasteiger partial charge in [0.05, 0.1) is 0 Å². The zero-order valence-corrected chi connectivity index (χ0v) is 8.72. The van der Waals surface area contributed by atoms with E-state index in [9.17, 15) is 0 Å². The SMILES string of the molecule is C=Cc1cccc2c1C(=C)CC(C)C2. The first-order chi connectivity index (χ1) is 6.72. The van der Waals surface area contributed by atoms with Crippen molar-refractivity contribution in [3.63, 3.8) is 0 Å². The van der Waals surface area contributed by atoms with Gasteiger partial charge < -0.3 is 0 Å². The lowest BCUT2D eigenvalue weighted by atomic mass is 9.80. The smallest absolute Gasteiger partial charge is 0.0126 e. The van der Waals surface area contributed by atoms with Crippen LogP contribution >= 0.6 is 0 Å². The van der Waals surface area contributed by atoms with E-state index in [4.69, 9.17) is 0 Å². The summed E-state index contributed by atoms with van der Waals surface area (Å²) in [5, 5.41) is 0. The van der Waals surface area contributed by atoms with Crippen LogP contribution in [0, 0.1) is 5.92 Å². The minimum Gasteiger partial charge on any atom is -0.0984 e. The van der Waals surface area contributed by atoms with Gasteiger partial charge in [0.15, 0.2) is 0 Å². The molecule has 0 spiro atoms. The zero-order valence-electron chi connectivity index (χ0n) is 8.72. The molecule has 0 radical (unpaired) electrons. The van der Waals surface area contributed by atoms with Gasteiger partial charge in [0.2, 0.25) is 0 Å². The highest BCUT2D eigenvalue weighted by Gasteiger charge is 2.19. The number of fused-ring (bicyclic) bond motifs is 1. The van der Waals surface area contributed by atoms with Crippen LogP contribution in [-0.4, -0.2) is 0 Å². The highest BCUT2D eigenvalue weighted by atomic mass is 14.2. The largest absolute Gasteiger partial charge is 0.0984 e. The molecular formula is C14H16. The van der Waals surface area contributed by atoms with Crippen molar-refractivity contribution in [1.29, 1.82) is 0 Å². The topological polar surface area (TPSA) is 0 Å². The molecule has 72 valence electrons. The van der Waals surface area contributed by atoms with Crippen LogP contribution in [0.3, 0.4) is 0 Å². The summed E-state index contributed by atoms with van der Waals surface area (Å²) in [6.07, 6.45) is 4.23. The fourth-order valence-electron chi connectivity index (χ4n) is 2.36. The average molecular weight is 184 g/mol. The molecule has 0 bridgehead atoms. The molecule has 0 heteroatoms. The minimum absolute atomic E-state index is 0.732. The molecule has 0 saturated carbocycles. The molecule has 1 aromatic carbocycles.